The number of aromatic nitrogens is 2. The molecule has 0 aliphatic heterocycles. The van der Waals surface area contributed by atoms with Crippen LogP contribution in [0.1, 0.15) is 45.1 Å². The Morgan fingerprint density at radius 3 is 2.58 bits per heavy atom. The second kappa shape index (κ2) is 7.28. The summed E-state index contributed by atoms with van der Waals surface area (Å²) in [5.41, 5.74) is 0.132. The Balaban J connectivity index is 2.64. The third kappa shape index (κ3) is 4.35. The van der Waals surface area contributed by atoms with Gasteiger partial charge in [0.05, 0.1) is 0 Å². The highest BCUT2D eigenvalue weighted by molar-refractivity contribution is 5.05. The quantitative estimate of drug-likeness (QED) is 0.754. The van der Waals surface area contributed by atoms with Crippen LogP contribution in [0, 0.1) is 0 Å². The summed E-state index contributed by atoms with van der Waals surface area (Å²) in [5.74, 6) is 0. The molecule has 0 bridgehead atoms. The lowest BCUT2D eigenvalue weighted by Crippen LogP contribution is -2.40. The van der Waals surface area contributed by atoms with Gasteiger partial charge in [0, 0.05) is 38.4 Å². The van der Waals surface area contributed by atoms with Crippen LogP contribution in [0.25, 0.3) is 0 Å². The van der Waals surface area contributed by atoms with Crippen LogP contribution in [0.2, 0.25) is 0 Å². The van der Waals surface area contributed by atoms with Gasteiger partial charge in [-0.1, -0.05) is 26.2 Å². The molecule has 1 aromatic rings. The first-order valence-corrected chi connectivity index (χ1v) is 6.96. The lowest BCUT2D eigenvalue weighted by molar-refractivity contribution is 0.482. The Morgan fingerprint density at radius 1 is 1.26 bits per heavy atom. The molecule has 1 atom stereocenters. The van der Waals surface area contributed by atoms with Crippen LogP contribution in [0.15, 0.2) is 15.8 Å². The fraction of sp³-hybridized carbons (Fsp3) is 0.714. The zero-order valence-electron chi connectivity index (χ0n) is 12.4. The van der Waals surface area contributed by atoms with Crippen molar-refractivity contribution in [1.29, 1.82) is 0 Å². The molecule has 0 radical (unpaired) electrons. The molecule has 0 aliphatic carbocycles. The number of hydrogen-bond acceptors (Lipinski definition) is 3. The van der Waals surface area contributed by atoms with E-state index in [1.807, 2.05) is 0 Å². The molecule has 0 amide bonds. The summed E-state index contributed by atoms with van der Waals surface area (Å²) in [6.07, 6.45) is 6.40. The molecule has 1 rings (SSSR count). The van der Waals surface area contributed by atoms with Gasteiger partial charge in [-0.3, -0.25) is 9.36 Å². The van der Waals surface area contributed by atoms with Crippen molar-refractivity contribution in [2.45, 2.75) is 52.1 Å². The Kier molecular flexibility index (Phi) is 6.02. The molecule has 1 aromatic heterocycles. The highest BCUT2D eigenvalue weighted by Gasteiger charge is 2.08. The van der Waals surface area contributed by atoms with Crippen LogP contribution in [-0.4, -0.2) is 15.2 Å². The fourth-order valence-electron chi connectivity index (χ4n) is 2.09. The summed E-state index contributed by atoms with van der Waals surface area (Å²) >= 11 is 0. The maximum atomic E-state index is 11.9. The maximum absolute atomic E-state index is 11.9. The molecule has 0 saturated heterocycles. The predicted octanol–water partition coefficient (Wildman–Crippen LogP) is 1.14. The van der Waals surface area contributed by atoms with E-state index < -0.39 is 0 Å². The minimum absolute atomic E-state index is 0.212. The van der Waals surface area contributed by atoms with Crippen molar-refractivity contribution in [3.63, 3.8) is 0 Å². The first kappa shape index (κ1) is 15.7. The zero-order valence-corrected chi connectivity index (χ0v) is 12.4. The molecule has 1 heterocycles. The van der Waals surface area contributed by atoms with Crippen LogP contribution in [0.5, 0.6) is 0 Å². The van der Waals surface area contributed by atoms with Crippen molar-refractivity contribution in [2.75, 3.05) is 0 Å². The number of unbranched alkanes of at least 4 members (excludes halogenated alkanes) is 2. The molecule has 1 unspecified atom stereocenters. The van der Waals surface area contributed by atoms with E-state index in [1.165, 1.54) is 30.9 Å². The molecule has 0 fully saturated rings. The molecule has 0 spiro atoms. The van der Waals surface area contributed by atoms with E-state index in [0.717, 1.165) is 11.0 Å². The summed E-state index contributed by atoms with van der Waals surface area (Å²) in [7, 11) is 3.18. The highest BCUT2D eigenvalue weighted by Crippen LogP contribution is 2.03. The zero-order chi connectivity index (χ0) is 14.4. The van der Waals surface area contributed by atoms with Gasteiger partial charge in [0.1, 0.15) is 0 Å². The molecular formula is C14H25N3O2. The van der Waals surface area contributed by atoms with Gasteiger partial charge in [-0.15, -0.1) is 0 Å². The monoisotopic (exact) mass is 267 g/mol. The Hall–Kier alpha value is -1.36. The average Bonchev–Trinajstić information content (AvgIpc) is 2.39. The Labute approximate surface area is 114 Å². The number of rotatable bonds is 7. The van der Waals surface area contributed by atoms with Crippen LogP contribution in [-0.2, 0) is 20.6 Å². The number of nitrogens with zero attached hydrogens (tertiary/aromatic N) is 2. The third-order valence-electron chi connectivity index (χ3n) is 3.40. The standard InChI is InChI=1S/C14H25N3O2/c1-5-6-7-8-11(2)15-9-12-10-16(3)14(19)17(4)13(12)18/h10-11,15H,5-9H2,1-4H3. The van der Waals surface area contributed by atoms with E-state index in [2.05, 4.69) is 19.2 Å². The van der Waals surface area contributed by atoms with Crippen LogP contribution in [0.3, 0.4) is 0 Å². The van der Waals surface area contributed by atoms with Crippen molar-refractivity contribution < 1.29 is 0 Å². The van der Waals surface area contributed by atoms with Gasteiger partial charge < -0.3 is 9.88 Å². The first-order valence-electron chi connectivity index (χ1n) is 6.96. The van der Waals surface area contributed by atoms with Crippen LogP contribution < -0.4 is 16.6 Å². The third-order valence-corrected chi connectivity index (χ3v) is 3.40. The SMILES string of the molecule is CCCCCC(C)NCc1cn(C)c(=O)n(C)c1=O. The summed E-state index contributed by atoms with van der Waals surface area (Å²) < 4.78 is 2.60. The van der Waals surface area contributed by atoms with Crippen LogP contribution in [0.4, 0.5) is 0 Å². The van der Waals surface area contributed by atoms with Gasteiger partial charge in [0.15, 0.2) is 0 Å². The molecule has 0 aliphatic rings. The minimum atomic E-state index is -0.287. The van der Waals surface area contributed by atoms with Gasteiger partial charge in [0.2, 0.25) is 0 Å². The Morgan fingerprint density at radius 2 is 1.95 bits per heavy atom. The van der Waals surface area contributed by atoms with Gasteiger partial charge in [-0.05, 0) is 13.3 Å². The van der Waals surface area contributed by atoms with Gasteiger partial charge in [-0.25, -0.2) is 4.79 Å². The van der Waals surface area contributed by atoms with E-state index >= 15 is 0 Å². The molecule has 5 nitrogen and oxygen atoms in total. The number of aryl methyl sites for hydroxylation is 1. The lowest BCUT2D eigenvalue weighted by Gasteiger charge is -2.14. The lowest BCUT2D eigenvalue weighted by atomic mass is 10.1. The Bertz CT molecular complexity index is 516. The van der Waals surface area contributed by atoms with Crippen molar-refractivity contribution in [1.82, 2.24) is 14.5 Å². The van der Waals surface area contributed by atoms with Crippen molar-refractivity contribution >= 4 is 0 Å². The molecule has 1 N–H and O–H groups in total. The smallest absolute Gasteiger partial charge is 0.310 e. The molecule has 108 valence electrons. The molecule has 0 aromatic carbocycles. The molecular weight excluding hydrogens is 242 g/mol. The molecule has 0 saturated carbocycles. The first-order chi connectivity index (χ1) is 8.97. The number of nitrogens with one attached hydrogen (secondary N) is 1. The second-order valence-electron chi connectivity index (χ2n) is 5.19. The normalized spacial score (nSPS) is 12.6. The summed E-state index contributed by atoms with van der Waals surface area (Å²) in [6.45, 7) is 4.82. The molecule has 5 heteroatoms. The predicted molar refractivity (Wildman–Crippen MR) is 77.4 cm³/mol. The fourth-order valence-corrected chi connectivity index (χ4v) is 2.09. The summed E-state index contributed by atoms with van der Waals surface area (Å²) in [4.78, 5) is 23.5. The highest BCUT2D eigenvalue weighted by atomic mass is 16.2. The van der Waals surface area contributed by atoms with Gasteiger partial charge >= 0.3 is 5.69 Å². The van der Waals surface area contributed by atoms with Gasteiger partial charge in [-0.2, -0.15) is 0 Å². The summed E-state index contributed by atoms with van der Waals surface area (Å²) in [5, 5.41) is 3.34. The van der Waals surface area contributed by atoms with Crippen LogP contribution >= 0.6 is 0 Å². The van der Waals surface area contributed by atoms with E-state index in [-0.39, 0.29) is 11.2 Å². The number of hydrogen-bond donors (Lipinski definition) is 1. The van der Waals surface area contributed by atoms with Gasteiger partial charge in [0.25, 0.3) is 5.56 Å². The van der Waals surface area contributed by atoms with Crippen molar-refractivity contribution in [3.05, 3.63) is 32.6 Å². The largest absolute Gasteiger partial charge is 0.330 e. The second-order valence-corrected chi connectivity index (χ2v) is 5.19. The van der Waals surface area contributed by atoms with Crippen molar-refractivity contribution in [3.8, 4) is 0 Å². The maximum Gasteiger partial charge on any atom is 0.330 e. The molecule has 19 heavy (non-hydrogen) atoms. The topological polar surface area (TPSA) is 56.0 Å². The van der Waals surface area contributed by atoms with E-state index in [4.69, 9.17) is 0 Å². The van der Waals surface area contributed by atoms with E-state index in [1.54, 1.807) is 13.2 Å². The summed E-state index contributed by atoms with van der Waals surface area (Å²) in [6, 6.07) is 0.383. The van der Waals surface area contributed by atoms with Crippen molar-refractivity contribution in [2.24, 2.45) is 14.1 Å². The van der Waals surface area contributed by atoms with E-state index in [9.17, 15) is 9.59 Å². The average molecular weight is 267 g/mol. The van der Waals surface area contributed by atoms with E-state index in [0.29, 0.717) is 18.2 Å². The minimum Gasteiger partial charge on any atom is -0.310 e.